The fourth-order valence-electron chi connectivity index (χ4n) is 4.60. The molecular formula is C29H31N5O6S2. The number of ether oxygens (including phenoxy) is 2. The quantitative estimate of drug-likeness (QED) is 0.167. The molecule has 0 saturated carbocycles. The Morgan fingerprint density at radius 1 is 1.12 bits per heavy atom. The zero-order valence-electron chi connectivity index (χ0n) is 23.5. The third-order valence-electron chi connectivity index (χ3n) is 6.55. The number of aryl methyl sites for hydroxylation is 1. The van der Waals surface area contributed by atoms with Crippen LogP contribution in [0.3, 0.4) is 0 Å². The van der Waals surface area contributed by atoms with Crippen molar-refractivity contribution in [1.82, 2.24) is 20.1 Å². The van der Waals surface area contributed by atoms with Gasteiger partial charge >= 0.3 is 5.97 Å². The maximum Gasteiger partial charge on any atom is 0.341 e. The molecule has 0 bridgehead atoms. The monoisotopic (exact) mass is 609 g/mol. The number of carbonyl (C=O) groups excluding carboxylic acids is 3. The molecule has 0 aliphatic heterocycles. The number of nitrogens with zero attached hydrogens (tertiary/aromatic N) is 3. The van der Waals surface area contributed by atoms with Crippen LogP contribution in [0.5, 0.6) is 5.75 Å². The lowest BCUT2D eigenvalue weighted by Gasteiger charge is -2.15. The highest BCUT2D eigenvalue weighted by atomic mass is 32.2. The van der Waals surface area contributed by atoms with Gasteiger partial charge in [-0.3, -0.25) is 14.2 Å². The molecular weight excluding hydrogens is 578 g/mol. The van der Waals surface area contributed by atoms with E-state index in [1.807, 2.05) is 31.2 Å². The van der Waals surface area contributed by atoms with E-state index in [0.717, 1.165) is 35.4 Å². The van der Waals surface area contributed by atoms with Gasteiger partial charge in [0.1, 0.15) is 10.8 Å². The van der Waals surface area contributed by atoms with Crippen LogP contribution in [0.25, 0.3) is 5.69 Å². The predicted molar refractivity (Wildman–Crippen MR) is 159 cm³/mol. The fourth-order valence-corrected chi connectivity index (χ4v) is 6.77. The summed E-state index contributed by atoms with van der Waals surface area (Å²) in [6, 6.07) is 10.6. The lowest BCUT2D eigenvalue weighted by Crippen LogP contribution is -2.25. The number of rotatable bonds is 12. The Kier molecular flexibility index (Phi) is 9.28. The van der Waals surface area contributed by atoms with Gasteiger partial charge in [0, 0.05) is 10.6 Å². The molecule has 0 unspecified atom stereocenters. The van der Waals surface area contributed by atoms with E-state index in [1.165, 1.54) is 29.4 Å². The molecule has 0 radical (unpaired) electrons. The summed E-state index contributed by atoms with van der Waals surface area (Å²) in [6.07, 6.45) is 4.10. The van der Waals surface area contributed by atoms with Crippen molar-refractivity contribution >= 4 is 45.9 Å². The van der Waals surface area contributed by atoms with Crippen LogP contribution in [0.2, 0.25) is 0 Å². The lowest BCUT2D eigenvalue weighted by molar-refractivity contribution is -0.115. The van der Waals surface area contributed by atoms with E-state index in [4.69, 9.17) is 13.9 Å². The molecule has 1 atom stereocenters. The topological polar surface area (TPSA) is 138 Å². The number of esters is 1. The maximum atomic E-state index is 13.4. The molecule has 4 aromatic rings. The second kappa shape index (κ2) is 13.3. The molecule has 1 aromatic carbocycles. The summed E-state index contributed by atoms with van der Waals surface area (Å²) in [5, 5.41) is 14.8. The molecule has 1 aliphatic rings. The SMILES string of the molecule is CCOC(=O)c1c(NC(=O)[C@@H](C)Sc2nnc(CNC(=O)c3ccco3)n2-c2ccc(OCC)cc2)sc2c1CCC2. The molecule has 0 spiro atoms. The van der Waals surface area contributed by atoms with Crippen LogP contribution in [0.15, 0.2) is 52.2 Å². The Hall–Kier alpha value is -4.10. The zero-order valence-corrected chi connectivity index (χ0v) is 25.1. The Bertz CT molecular complexity index is 1560. The summed E-state index contributed by atoms with van der Waals surface area (Å²) in [7, 11) is 0. The van der Waals surface area contributed by atoms with Crippen molar-refractivity contribution in [3.63, 3.8) is 0 Å². The van der Waals surface area contributed by atoms with Gasteiger partial charge in [-0.05, 0) is 82.0 Å². The Labute approximate surface area is 251 Å². The highest BCUT2D eigenvalue weighted by Gasteiger charge is 2.30. The number of carbonyl (C=O) groups is 3. The molecule has 3 heterocycles. The second-order valence-electron chi connectivity index (χ2n) is 9.35. The Morgan fingerprint density at radius 3 is 2.64 bits per heavy atom. The number of thioether (sulfide) groups is 1. The number of furan rings is 1. The lowest BCUT2D eigenvalue weighted by atomic mass is 10.1. The predicted octanol–water partition coefficient (Wildman–Crippen LogP) is 5.04. The number of thiophene rings is 1. The minimum absolute atomic E-state index is 0.0739. The third-order valence-corrected chi connectivity index (χ3v) is 8.80. The van der Waals surface area contributed by atoms with Gasteiger partial charge in [0.15, 0.2) is 16.7 Å². The van der Waals surface area contributed by atoms with Crippen LogP contribution in [0.1, 0.15) is 64.4 Å². The van der Waals surface area contributed by atoms with Crippen LogP contribution < -0.4 is 15.4 Å². The first-order valence-electron chi connectivity index (χ1n) is 13.7. The maximum absolute atomic E-state index is 13.4. The molecule has 5 rings (SSSR count). The van der Waals surface area contributed by atoms with Gasteiger partial charge in [0.05, 0.1) is 36.8 Å². The first kappa shape index (κ1) is 29.4. The van der Waals surface area contributed by atoms with Crippen molar-refractivity contribution in [3.8, 4) is 11.4 Å². The highest BCUT2D eigenvalue weighted by Crippen LogP contribution is 2.40. The van der Waals surface area contributed by atoms with Crippen molar-refractivity contribution < 1.29 is 28.3 Å². The minimum atomic E-state index is -0.590. The van der Waals surface area contributed by atoms with Crippen molar-refractivity contribution in [1.29, 1.82) is 0 Å². The van der Waals surface area contributed by atoms with Crippen LogP contribution in [-0.2, 0) is 28.9 Å². The second-order valence-corrected chi connectivity index (χ2v) is 11.8. The fraction of sp³-hybridized carbons (Fsp3) is 0.345. The van der Waals surface area contributed by atoms with Crippen LogP contribution in [0, 0.1) is 0 Å². The number of benzene rings is 1. The Morgan fingerprint density at radius 2 is 1.93 bits per heavy atom. The molecule has 0 fully saturated rings. The van der Waals surface area contributed by atoms with Crippen LogP contribution in [0.4, 0.5) is 5.00 Å². The van der Waals surface area contributed by atoms with Gasteiger partial charge in [-0.15, -0.1) is 21.5 Å². The van der Waals surface area contributed by atoms with Crippen molar-refractivity contribution in [2.24, 2.45) is 0 Å². The highest BCUT2D eigenvalue weighted by molar-refractivity contribution is 8.00. The zero-order chi connectivity index (χ0) is 29.6. The van der Waals surface area contributed by atoms with Gasteiger partial charge < -0.3 is 24.5 Å². The molecule has 42 heavy (non-hydrogen) atoms. The summed E-state index contributed by atoms with van der Waals surface area (Å²) >= 11 is 2.66. The number of hydrogen-bond donors (Lipinski definition) is 2. The standard InChI is InChI=1S/C29H31N5O6S2/c1-4-38-19-13-11-18(12-14-19)34-23(16-30-26(36)21-9-7-15-40-21)32-33-29(34)41-17(3)25(35)31-27-24(28(37)39-5-2)20-8-6-10-22(20)42-27/h7,9,11-15,17H,4-6,8,10,16H2,1-3H3,(H,30,36)(H,31,35)/t17-/m1/s1. The average Bonchev–Trinajstić information content (AvgIpc) is 3.78. The van der Waals surface area contributed by atoms with Gasteiger partial charge in [-0.2, -0.15) is 0 Å². The van der Waals surface area contributed by atoms with Crippen LogP contribution in [-0.4, -0.2) is 51.0 Å². The van der Waals surface area contributed by atoms with Gasteiger partial charge in [-0.1, -0.05) is 11.8 Å². The molecule has 220 valence electrons. The van der Waals surface area contributed by atoms with E-state index in [2.05, 4.69) is 20.8 Å². The number of amides is 2. The summed E-state index contributed by atoms with van der Waals surface area (Å²) in [5.74, 6) is 0.285. The van der Waals surface area contributed by atoms with E-state index in [1.54, 1.807) is 30.5 Å². The normalized spacial score (nSPS) is 12.9. The van der Waals surface area contributed by atoms with Gasteiger partial charge in [0.25, 0.3) is 5.91 Å². The third kappa shape index (κ3) is 6.36. The molecule has 1 aliphatic carbocycles. The van der Waals surface area contributed by atoms with E-state index in [9.17, 15) is 14.4 Å². The smallest absolute Gasteiger partial charge is 0.341 e. The minimum Gasteiger partial charge on any atom is -0.494 e. The molecule has 0 saturated heterocycles. The van der Waals surface area contributed by atoms with Gasteiger partial charge in [0.2, 0.25) is 5.91 Å². The number of anilines is 1. The van der Waals surface area contributed by atoms with Gasteiger partial charge in [-0.25, -0.2) is 4.79 Å². The summed E-state index contributed by atoms with van der Waals surface area (Å²) in [6.45, 7) is 6.31. The van der Waals surface area contributed by atoms with Crippen molar-refractivity contribution in [2.45, 2.75) is 57.0 Å². The molecule has 13 heteroatoms. The van der Waals surface area contributed by atoms with Crippen molar-refractivity contribution in [2.75, 3.05) is 18.5 Å². The summed E-state index contributed by atoms with van der Waals surface area (Å²) in [4.78, 5) is 39.7. The van der Waals surface area contributed by atoms with Crippen molar-refractivity contribution in [3.05, 3.63) is 70.3 Å². The Balaban J connectivity index is 1.37. The molecule has 3 aromatic heterocycles. The molecule has 11 nitrogen and oxygen atoms in total. The first-order chi connectivity index (χ1) is 20.4. The number of fused-ring (bicyclic) bond motifs is 1. The van der Waals surface area contributed by atoms with E-state index in [-0.39, 0.29) is 30.7 Å². The summed E-state index contributed by atoms with van der Waals surface area (Å²) < 4.78 is 17.8. The largest absolute Gasteiger partial charge is 0.494 e. The molecule has 2 amide bonds. The van der Waals surface area contributed by atoms with Crippen LogP contribution >= 0.6 is 23.1 Å². The first-order valence-corrected chi connectivity index (χ1v) is 15.4. The average molecular weight is 610 g/mol. The number of hydrogen-bond acceptors (Lipinski definition) is 10. The van der Waals surface area contributed by atoms with E-state index >= 15 is 0 Å². The van der Waals surface area contributed by atoms with E-state index < -0.39 is 11.2 Å². The number of nitrogens with one attached hydrogen (secondary N) is 2. The molecule has 2 N–H and O–H groups in total. The van der Waals surface area contributed by atoms with E-state index in [0.29, 0.717) is 33.9 Å². The number of aromatic nitrogens is 3. The summed E-state index contributed by atoms with van der Waals surface area (Å²) in [5.41, 5.74) is 2.18.